The van der Waals surface area contributed by atoms with Crippen LogP contribution >= 0.6 is 11.3 Å². The molecule has 2 aromatic rings. The molecular weight excluding hydrogens is 391 g/mol. The Kier molecular flexibility index (Phi) is 6.83. The molecule has 0 amide bonds. The summed E-state index contributed by atoms with van der Waals surface area (Å²) in [7, 11) is -3.84. The van der Waals surface area contributed by atoms with Gasteiger partial charge in [0.25, 0.3) is 0 Å². The van der Waals surface area contributed by atoms with Crippen LogP contribution in [0.4, 0.5) is 4.39 Å². The number of nitrogens with zero attached hydrogens (tertiary/aromatic N) is 1. The van der Waals surface area contributed by atoms with Gasteiger partial charge >= 0.3 is 0 Å². The Bertz CT molecular complexity index is 837. The third kappa shape index (κ3) is 5.05. The Balaban J connectivity index is 1.74. The molecule has 1 fully saturated rings. The first-order chi connectivity index (χ1) is 13.0. The number of ether oxygens (including phenoxy) is 2. The van der Waals surface area contributed by atoms with E-state index in [0.717, 1.165) is 24.7 Å². The number of thiophene rings is 1. The van der Waals surface area contributed by atoms with Crippen LogP contribution in [0.15, 0.2) is 39.9 Å². The minimum atomic E-state index is -3.84. The predicted octanol–water partition coefficient (Wildman–Crippen LogP) is 2.64. The molecule has 27 heavy (non-hydrogen) atoms. The maximum atomic E-state index is 14.0. The number of hydrogen-bond donors (Lipinski definition) is 1. The molecule has 0 saturated carbocycles. The summed E-state index contributed by atoms with van der Waals surface area (Å²) >= 11 is 1.57. The summed E-state index contributed by atoms with van der Waals surface area (Å²) in [6.45, 7) is 4.97. The topological polar surface area (TPSA) is 67.9 Å². The third-order valence-electron chi connectivity index (χ3n) is 4.39. The fraction of sp³-hybridized carbons (Fsp3) is 0.444. The van der Waals surface area contributed by atoms with Crippen LogP contribution in [0.5, 0.6) is 5.75 Å². The van der Waals surface area contributed by atoms with E-state index in [-0.39, 0.29) is 23.2 Å². The van der Waals surface area contributed by atoms with Crippen LogP contribution in [0.1, 0.15) is 18.5 Å². The van der Waals surface area contributed by atoms with Crippen LogP contribution in [0.3, 0.4) is 0 Å². The molecule has 148 valence electrons. The molecule has 0 radical (unpaired) electrons. The molecule has 6 nitrogen and oxygen atoms in total. The third-order valence-corrected chi connectivity index (χ3v) is 6.52. The molecule has 1 aromatic heterocycles. The monoisotopic (exact) mass is 414 g/mol. The number of hydrogen-bond acceptors (Lipinski definition) is 6. The summed E-state index contributed by atoms with van der Waals surface area (Å²) in [5.74, 6) is -0.650. The second kappa shape index (κ2) is 9.11. The molecule has 3 rings (SSSR count). The predicted molar refractivity (Wildman–Crippen MR) is 102 cm³/mol. The van der Waals surface area contributed by atoms with Crippen molar-refractivity contribution >= 4 is 21.4 Å². The van der Waals surface area contributed by atoms with E-state index in [9.17, 15) is 12.8 Å². The molecule has 1 aliphatic heterocycles. The summed E-state index contributed by atoms with van der Waals surface area (Å²) in [5.41, 5.74) is 1.06. The first-order valence-electron chi connectivity index (χ1n) is 8.77. The SMILES string of the molecule is CCOc1ccc(S(=O)(=O)NCC(c2ccsc2)N2CCOCC2)cc1F. The molecule has 1 N–H and O–H groups in total. The molecule has 1 aromatic carbocycles. The summed E-state index contributed by atoms with van der Waals surface area (Å²) < 4.78 is 52.5. The van der Waals surface area contributed by atoms with Crippen molar-refractivity contribution in [1.29, 1.82) is 0 Å². The molecule has 2 heterocycles. The van der Waals surface area contributed by atoms with Gasteiger partial charge < -0.3 is 9.47 Å². The number of benzene rings is 1. The number of morpholine rings is 1. The normalized spacial score (nSPS) is 17.0. The van der Waals surface area contributed by atoms with Gasteiger partial charge in [0.15, 0.2) is 11.6 Å². The smallest absolute Gasteiger partial charge is 0.240 e. The molecule has 0 spiro atoms. The van der Waals surface area contributed by atoms with E-state index in [1.54, 1.807) is 18.3 Å². The van der Waals surface area contributed by atoms with Gasteiger partial charge in [0.1, 0.15) is 0 Å². The zero-order chi connectivity index (χ0) is 19.3. The second-order valence-corrected chi connectivity index (χ2v) is 8.64. The molecule has 9 heteroatoms. The number of halogens is 1. The van der Waals surface area contributed by atoms with Crippen LogP contribution in [0, 0.1) is 5.82 Å². The van der Waals surface area contributed by atoms with E-state index in [1.165, 1.54) is 12.1 Å². The van der Waals surface area contributed by atoms with E-state index in [2.05, 4.69) is 9.62 Å². The van der Waals surface area contributed by atoms with Crippen molar-refractivity contribution in [2.45, 2.75) is 17.9 Å². The molecule has 1 saturated heterocycles. The zero-order valence-electron chi connectivity index (χ0n) is 15.1. The average molecular weight is 415 g/mol. The van der Waals surface area contributed by atoms with Gasteiger partial charge in [0, 0.05) is 25.7 Å². The van der Waals surface area contributed by atoms with Crippen molar-refractivity contribution < 1.29 is 22.3 Å². The van der Waals surface area contributed by atoms with Crippen molar-refractivity contribution in [3.63, 3.8) is 0 Å². The highest BCUT2D eigenvalue weighted by atomic mass is 32.2. The minimum absolute atomic E-state index is 0.0425. The van der Waals surface area contributed by atoms with Crippen LogP contribution in [0.25, 0.3) is 0 Å². The van der Waals surface area contributed by atoms with Crippen LogP contribution in [0.2, 0.25) is 0 Å². The molecular formula is C18H23FN2O4S2. The highest BCUT2D eigenvalue weighted by Crippen LogP contribution is 2.25. The van der Waals surface area contributed by atoms with Crippen molar-refractivity contribution in [3.8, 4) is 5.75 Å². The van der Waals surface area contributed by atoms with Gasteiger partial charge in [0.2, 0.25) is 10.0 Å². The van der Waals surface area contributed by atoms with Gasteiger partial charge in [-0.2, -0.15) is 11.3 Å². The van der Waals surface area contributed by atoms with Crippen LogP contribution < -0.4 is 9.46 Å². The number of nitrogens with one attached hydrogen (secondary N) is 1. The van der Waals surface area contributed by atoms with Gasteiger partial charge in [-0.15, -0.1) is 0 Å². The van der Waals surface area contributed by atoms with E-state index in [1.807, 2.05) is 16.8 Å². The summed E-state index contributed by atoms with van der Waals surface area (Å²) in [4.78, 5) is 2.09. The van der Waals surface area contributed by atoms with Gasteiger partial charge in [-0.25, -0.2) is 17.5 Å². The highest BCUT2D eigenvalue weighted by molar-refractivity contribution is 7.89. The first kappa shape index (κ1) is 20.2. The highest BCUT2D eigenvalue weighted by Gasteiger charge is 2.25. The minimum Gasteiger partial charge on any atom is -0.491 e. The fourth-order valence-electron chi connectivity index (χ4n) is 3.00. The lowest BCUT2D eigenvalue weighted by Gasteiger charge is -2.34. The largest absolute Gasteiger partial charge is 0.491 e. The lowest BCUT2D eigenvalue weighted by Crippen LogP contribution is -2.43. The Hall–Kier alpha value is -1.52. The second-order valence-electron chi connectivity index (χ2n) is 6.10. The van der Waals surface area contributed by atoms with Gasteiger partial charge in [0.05, 0.1) is 24.7 Å². The average Bonchev–Trinajstić information content (AvgIpc) is 3.19. The first-order valence-corrected chi connectivity index (χ1v) is 11.2. The Morgan fingerprint density at radius 3 is 2.74 bits per heavy atom. The summed E-state index contributed by atoms with van der Waals surface area (Å²) in [6.07, 6.45) is 0. The quantitative estimate of drug-likeness (QED) is 0.719. The number of sulfonamides is 1. The number of rotatable bonds is 8. The zero-order valence-corrected chi connectivity index (χ0v) is 16.7. The molecule has 1 aliphatic rings. The van der Waals surface area contributed by atoms with Crippen molar-refractivity contribution in [1.82, 2.24) is 9.62 Å². The van der Waals surface area contributed by atoms with Gasteiger partial charge in [-0.05, 0) is 47.5 Å². The van der Waals surface area contributed by atoms with E-state index in [0.29, 0.717) is 19.8 Å². The lowest BCUT2D eigenvalue weighted by atomic mass is 10.1. The maximum Gasteiger partial charge on any atom is 0.240 e. The van der Waals surface area contributed by atoms with E-state index >= 15 is 0 Å². The van der Waals surface area contributed by atoms with Crippen molar-refractivity contribution in [2.75, 3.05) is 39.5 Å². The fourth-order valence-corrected chi connectivity index (χ4v) is 4.76. The van der Waals surface area contributed by atoms with Crippen LogP contribution in [-0.2, 0) is 14.8 Å². The lowest BCUT2D eigenvalue weighted by molar-refractivity contribution is 0.0173. The standard InChI is InChI=1S/C18H23FN2O4S2/c1-2-25-18-4-3-15(11-16(18)19)27(22,23)20-12-17(14-5-10-26-13-14)21-6-8-24-9-7-21/h3-5,10-11,13,17,20H,2,6-9,12H2,1H3. The Labute approximate surface area is 163 Å². The van der Waals surface area contributed by atoms with Crippen molar-refractivity contribution in [2.24, 2.45) is 0 Å². The Morgan fingerprint density at radius 1 is 1.33 bits per heavy atom. The van der Waals surface area contributed by atoms with Crippen LogP contribution in [-0.4, -0.2) is 52.8 Å². The molecule has 1 unspecified atom stereocenters. The summed E-state index contributed by atoms with van der Waals surface area (Å²) in [6, 6.07) is 5.58. The Morgan fingerprint density at radius 2 is 2.11 bits per heavy atom. The van der Waals surface area contributed by atoms with E-state index < -0.39 is 15.8 Å². The van der Waals surface area contributed by atoms with Crippen molar-refractivity contribution in [3.05, 3.63) is 46.4 Å². The molecule has 0 aliphatic carbocycles. The molecule has 0 bridgehead atoms. The molecule has 1 atom stereocenters. The van der Waals surface area contributed by atoms with Gasteiger partial charge in [-0.1, -0.05) is 0 Å². The summed E-state index contributed by atoms with van der Waals surface area (Å²) in [5, 5.41) is 3.99. The van der Waals surface area contributed by atoms with Gasteiger partial charge in [-0.3, -0.25) is 4.90 Å². The maximum absolute atomic E-state index is 14.0. The van der Waals surface area contributed by atoms with E-state index in [4.69, 9.17) is 9.47 Å².